The van der Waals surface area contributed by atoms with Gasteiger partial charge in [-0.3, -0.25) is 25.8 Å². The first-order valence-electron chi connectivity index (χ1n) is 3.69. The summed E-state index contributed by atoms with van der Waals surface area (Å²) >= 11 is 0. The summed E-state index contributed by atoms with van der Waals surface area (Å²) in [4.78, 5) is 13.4. The Kier molecular flexibility index (Phi) is 5.90. The summed E-state index contributed by atoms with van der Waals surface area (Å²) < 4.78 is 0. The Morgan fingerprint density at radius 2 is 2.33 bits per heavy atom. The number of nitrogens with one attached hydrogen (secondary N) is 1. The molecule has 0 fully saturated rings. The van der Waals surface area contributed by atoms with E-state index in [0.29, 0.717) is 25.2 Å². The van der Waals surface area contributed by atoms with Crippen LogP contribution < -0.4 is 5.48 Å². The maximum absolute atomic E-state index is 9.87. The maximum atomic E-state index is 9.87. The molecule has 0 aliphatic rings. The van der Waals surface area contributed by atoms with Crippen molar-refractivity contribution < 1.29 is 10.1 Å². The molecule has 0 aromatic heterocycles. The summed E-state index contributed by atoms with van der Waals surface area (Å²) in [5.74, 6) is 0.427. The van der Waals surface area contributed by atoms with E-state index in [-0.39, 0.29) is 11.5 Å². The molecule has 0 radical (unpaired) electrons. The van der Waals surface area contributed by atoms with Crippen LogP contribution in [0.5, 0.6) is 0 Å². The van der Waals surface area contributed by atoms with Gasteiger partial charge in [-0.1, -0.05) is 0 Å². The number of nitrogens with zero attached hydrogens (tertiary/aromatic N) is 2. The average Bonchev–Trinajstić information content (AvgIpc) is 2.03. The molecule has 0 amide bonds. The first kappa shape index (κ1) is 10.8. The number of rotatable bonds is 5. The lowest BCUT2D eigenvalue weighted by atomic mass is 10.3. The number of hydrogen-bond acceptors (Lipinski definition) is 4. The maximum Gasteiger partial charge on any atom is 0.203 e. The van der Waals surface area contributed by atoms with Crippen molar-refractivity contribution in [2.45, 2.75) is 19.8 Å². The zero-order chi connectivity index (χ0) is 9.40. The van der Waals surface area contributed by atoms with Gasteiger partial charge in [-0.05, 0) is 13.3 Å². The zero-order valence-corrected chi connectivity index (χ0v) is 6.99. The molecule has 70 valence electrons. The Morgan fingerprint density at radius 3 is 2.83 bits per heavy atom. The van der Waals surface area contributed by atoms with Gasteiger partial charge in [0.1, 0.15) is 5.84 Å². The molecule has 0 aliphatic carbocycles. The van der Waals surface area contributed by atoms with Gasteiger partial charge in [0.25, 0.3) is 0 Å². The Morgan fingerprint density at radius 1 is 1.67 bits per heavy atom. The summed E-state index contributed by atoms with van der Waals surface area (Å²) in [7, 11) is 0. The normalized spacial score (nSPS) is 11.3. The van der Waals surface area contributed by atoms with E-state index in [9.17, 15) is 10.1 Å². The van der Waals surface area contributed by atoms with Gasteiger partial charge in [0.2, 0.25) is 6.54 Å². The predicted molar refractivity (Wildman–Crippen MR) is 44.0 cm³/mol. The highest BCUT2D eigenvalue weighted by Crippen LogP contribution is 1.89. The van der Waals surface area contributed by atoms with Crippen LogP contribution >= 0.6 is 0 Å². The topological polar surface area (TPSA) is 87.8 Å². The second kappa shape index (κ2) is 6.53. The number of aliphatic imine (C=N–C) groups is 1. The summed E-state index contributed by atoms with van der Waals surface area (Å²) in [6.45, 7) is 2.11. The number of amidine groups is 1. The van der Waals surface area contributed by atoms with Crippen molar-refractivity contribution in [2.24, 2.45) is 4.99 Å². The quantitative estimate of drug-likeness (QED) is 0.209. The molecule has 0 aliphatic heterocycles. The summed E-state index contributed by atoms with van der Waals surface area (Å²) in [6.07, 6.45) is 1.19. The molecule has 12 heavy (non-hydrogen) atoms. The largest absolute Gasteiger partial charge is 0.290 e. The Hall–Kier alpha value is -1.17. The van der Waals surface area contributed by atoms with Crippen LogP contribution in [0.1, 0.15) is 19.8 Å². The van der Waals surface area contributed by atoms with Gasteiger partial charge >= 0.3 is 0 Å². The highest BCUT2D eigenvalue weighted by molar-refractivity contribution is 5.78. The van der Waals surface area contributed by atoms with E-state index >= 15 is 0 Å². The van der Waals surface area contributed by atoms with Crippen LogP contribution in [0.3, 0.4) is 0 Å². The third-order valence-electron chi connectivity index (χ3n) is 1.26. The van der Waals surface area contributed by atoms with Gasteiger partial charge in [-0.15, -0.1) is 0 Å². The highest BCUT2D eigenvalue weighted by Gasteiger charge is 1.95. The van der Waals surface area contributed by atoms with Crippen LogP contribution in [0.25, 0.3) is 0 Å². The monoisotopic (exact) mass is 175 g/mol. The van der Waals surface area contributed by atoms with Crippen LogP contribution in [0.4, 0.5) is 0 Å². The smallest absolute Gasteiger partial charge is 0.203 e. The lowest BCUT2D eigenvalue weighted by Crippen LogP contribution is -2.15. The molecule has 0 saturated carbocycles. The van der Waals surface area contributed by atoms with Crippen molar-refractivity contribution >= 4 is 5.84 Å². The molecular formula is C6H13N3O3. The fourth-order valence-electron chi connectivity index (χ4n) is 0.635. The minimum absolute atomic E-state index is 0.0128. The molecule has 0 unspecified atom stereocenters. The second-order valence-corrected chi connectivity index (χ2v) is 2.34. The van der Waals surface area contributed by atoms with Crippen LogP contribution in [0, 0.1) is 10.1 Å². The van der Waals surface area contributed by atoms with Crippen molar-refractivity contribution in [3.05, 3.63) is 10.1 Å². The van der Waals surface area contributed by atoms with E-state index in [4.69, 9.17) is 5.21 Å². The summed E-state index contributed by atoms with van der Waals surface area (Å²) in [5.41, 5.74) is 1.88. The molecule has 0 rings (SSSR count). The summed E-state index contributed by atoms with van der Waals surface area (Å²) in [5, 5.41) is 18.2. The number of nitro groups is 1. The first-order chi connectivity index (χ1) is 5.66. The summed E-state index contributed by atoms with van der Waals surface area (Å²) in [6, 6.07) is 0. The van der Waals surface area contributed by atoms with Crippen molar-refractivity contribution in [2.75, 3.05) is 13.1 Å². The van der Waals surface area contributed by atoms with Crippen LogP contribution in [0.15, 0.2) is 4.99 Å². The molecular weight excluding hydrogens is 162 g/mol. The van der Waals surface area contributed by atoms with Gasteiger partial charge in [0.15, 0.2) is 0 Å². The third kappa shape index (κ3) is 6.94. The average molecular weight is 175 g/mol. The van der Waals surface area contributed by atoms with Crippen molar-refractivity contribution in [1.29, 1.82) is 0 Å². The Labute approximate surface area is 70.4 Å². The zero-order valence-electron chi connectivity index (χ0n) is 6.99. The predicted octanol–water partition coefficient (Wildman–Crippen LogP) is 0.441. The first-order valence-corrected chi connectivity index (χ1v) is 3.69. The SMILES string of the molecule is CC(=NCCCC[N+](=O)[O-])NO. The van der Waals surface area contributed by atoms with Crippen molar-refractivity contribution in [3.8, 4) is 0 Å². The molecule has 6 nitrogen and oxygen atoms in total. The third-order valence-corrected chi connectivity index (χ3v) is 1.26. The molecule has 0 bridgehead atoms. The van der Waals surface area contributed by atoms with E-state index in [1.807, 2.05) is 5.48 Å². The van der Waals surface area contributed by atoms with Gasteiger partial charge in [0, 0.05) is 17.9 Å². The minimum Gasteiger partial charge on any atom is -0.290 e. The number of hydrogen-bond donors (Lipinski definition) is 2. The molecule has 6 heteroatoms. The van der Waals surface area contributed by atoms with Gasteiger partial charge in [-0.25, -0.2) is 0 Å². The number of hydroxylamine groups is 1. The van der Waals surface area contributed by atoms with E-state index < -0.39 is 0 Å². The van der Waals surface area contributed by atoms with E-state index in [1.165, 1.54) is 0 Å². The Bertz CT molecular complexity index is 169. The van der Waals surface area contributed by atoms with Crippen molar-refractivity contribution in [1.82, 2.24) is 5.48 Å². The van der Waals surface area contributed by atoms with Crippen LogP contribution in [-0.2, 0) is 0 Å². The molecule has 0 atom stereocenters. The van der Waals surface area contributed by atoms with E-state index in [2.05, 4.69) is 4.99 Å². The van der Waals surface area contributed by atoms with Crippen molar-refractivity contribution in [3.63, 3.8) is 0 Å². The highest BCUT2D eigenvalue weighted by atomic mass is 16.6. The number of unbranched alkanes of at least 4 members (excludes halogenated alkanes) is 1. The molecule has 0 spiro atoms. The van der Waals surface area contributed by atoms with Gasteiger partial charge in [-0.2, -0.15) is 0 Å². The lowest BCUT2D eigenvalue weighted by molar-refractivity contribution is -0.480. The Balaban J connectivity index is 3.27. The van der Waals surface area contributed by atoms with Gasteiger partial charge < -0.3 is 0 Å². The van der Waals surface area contributed by atoms with Crippen LogP contribution in [0.2, 0.25) is 0 Å². The van der Waals surface area contributed by atoms with Crippen LogP contribution in [-0.4, -0.2) is 29.1 Å². The molecule has 2 N–H and O–H groups in total. The molecule has 0 aromatic rings. The molecule has 0 saturated heterocycles. The second-order valence-electron chi connectivity index (χ2n) is 2.34. The standard InChI is InChI=1S/C6H13N3O3/c1-6(8-10)7-4-2-3-5-9(11)12/h10H,2-5H2,1H3,(H,7,8). The molecule has 0 heterocycles. The fraction of sp³-hybridized carbons (Fsp3) is 0.833. The van der Waals surface area contributed by atoms with Gasteiger partial charge in [0.05, 0.1) is 0 Å². The van der Waals surface area contributed by atoms with E-state index in [0.717, 1.165) is 0 Å². The molecule has 0 aromatic carbocycles. The van der Waals surface area contributed by atoms with E-state index in [1.54, 1.807) is 6.92 Å². The minimum atomic E-state index is -0.346. The fourth-order valence-corrected chi connectivity index (χ4v) is 0.635. The lowest BCUT2D eigenvalue weighted by Gasteiger charge is -1.96.